The van der Waals surface area contributed by atoms with E-state index in [4.69, 9.17) is 14.2 Å². The van der Waals surface area contributed by atoms with E-state index in [1.54, 1.807) is 43.6 Å². The first-order chi connectivity index (χ1) is 13.5. The molecule has 1 aromatic heterocycles. The second-order valence-electron chi connectivity index (χ2n) is 5.27. The summed E-state index contributed by atoms with van der Waals surface area (Å²) in [7, 11) is 0. The molecular weight excluding hydrogens is 450 g/mol. The summed E-state index contributed by atoms with van der Waals surface area (Å²) in [5.74, 6) is -0.271. The third-order valence-electron chi connectivity index (χ3n) is 3.17. The lowest BCUT2D eigenvalue weighted by molar-refractivity contribution is -0.145. The Morgan fingerprint density at radius 2 is 2.00 bits per heavy atom. The third-order valence-corrected chi connectivity index (χ3v) is 4.46. The SMILES string of the molecule is CCOC(=O)COc1ccc(Br)cc1C=NNc1nc(CC(=O)OCC)cs1. The Labute approximate surface area is 175 Å². The summed E-state index contributed by atoms with van der Waals surface area (Å²) in [6.07, 6.45) is 1.67. The van der Waals surface area contributed by atoms with Gasteiger partial charge in [-0.1, -0.05) is 15.9 Å². The Morgan fingerprint density at radius 3 is 2.75 bits per heavy atom. The van der Waals surface area contributed by atoms with Crippen LogP contribution in [-0.4, -0.2) is 43.0 Å². The molecule has 2 aromatic rings. The number of aromatic nitrogens is 1. The van der Waals surface area contributed by atoms with Gasteiger partial charge in [-0.05, 0) is 32.0 Å². The molecule has 150 valence electrons. The van der Waals surface area contributed by atoms with Crippen LogP contribution in [0.1, 0.15) is 25.1 Å². The smallest absolute Gasteiger partial charge is 0.344 e. The second kappa shape index (κ2) is 11.4. The number of benzene rings is 1. The number of thiazole rings is 1. The van der Waals surface area contributed by atoms with E-state index < -0.39 is 5.97 Å². The number of hydrogen-bond donors (Lipinski definition) is 1. The maximum atomic E-state index is 11.5. The lowest BCUT2D eigenvalue weighted by Crippen LogP contribution is -2.15. The molecule has 1 heterocycles. The molecule has 10 heteroatoms. The predicted molar refractivity (Wildman–Crippen MR) is 110 cm³/mol. The topological polar surface area (TPSA) is 99.1 Å². The van der Waals surface area contributed by atoms with Gasteiger partial charge in [0.05, 0.1) is 31.5 Å². The minimum absolute atomic E-state index is 0.118. The minimum Gasteiger partial charge on any atom is -0.481 e. The van der Waals surface area contributed by atoms with Crippen LogP contribution in [0.5, 0.6) is 5.75 Å². The van der Waals surface area contributed by atoms with Crippen LogP contribution in [-0.2, 0) is 25.5 Å². The number of esters is 2. The highest BCUT2D eigenvalue weighted by Crippen LogP contribution is 2.22. The highest BCUT2D eigenvalue weighted by molar-refractivity contribution is 9.10. The number of ether oxygens (including phenoxy) is 3. The molecule has 0 saturated heterocycles. The second-order valence-corrected chi connectivity index (χ2v) is 7.05. The van der Waals surface area contributed by atoms with Crippen LogP contribution in [0.3, 0.4) is 0 Å². The molecule has 28 heavy (non-hydrogen) atoms. The summed E-state index contributed by atoms with van der Waals surface area (Å²) in [5.41, 5.74) is 4.09. The van der Waals surface area contributed by atoms with Crippen molar-refractivity contribution < 1.29 is 23.8 Å². The molecule has 0 unspecified atom stereocenters. The first kappa shape index (κ1) is 21.8. The van der Waals surface area contributed by atoms with Crippen molar-refractivity contribution in [3.05, 3.63) is 39.3 Å². The van der Waals surface area contributed by atoms with E-state index in [1.165, 1.54) is 11.3 Å². The molecule has 8 nitrogen and oxygen atoms in total. The van der Waals surface area contributed by atoms with E-state index in [1.807, 2.05) is 0 Å². The molecule has 0 bridgehead atoms. The van der Waals surface area contributed by atoms with Crippen molar-refractivity contribution in [3.63, 3.8) is 0 Å². The van der Waals surface area contributed by atoms with Crippen molar-refractivity contribution in [1.82, 2.24) is 4.98 Å². The largest absolute Gasteiger partial charge is 0.481 e. The normalized spacial score (nSPS) is 10.7. The summed E-state index contributed by atoms with van der Waals surface area (Å²) in [5, 5.41) is 6.45. The van der Waals surface area contributed by atoms with E-state index in [9.17, 15) is 9.59 Å². The molecule has 1 aromatic carbocycles. The van der Waals surface area contributed by atoms with Gasteiger partial charge in [-0.2, -0.15) is 5.10 Å². The van der Waals surface area contributed by atoms with Crippen LogP contribution in [0, 0.1) is 0 Å². The summed E-state index contributed by atoms with van der Waals surface area (Å²) in [6.45, 7) is 3.94. The molecule has 0 fully saturated rings. The Balaban J connectivity index is 1.98. The Kier molecular flexibility index (Phi) is 8.89. The Morgan fingerprint density at radius 1 is 1.25 bits per heavy atom. The van der Waals surface area contributed by atoms with Gasteiger partial charge in [0.15, 0.2) is 6.61 Å². The first-order valence-electron chi connectivity index (χ1n) is 8.48. The molecule has 0 amide bonds. The summed E-state index contributed by atoms with van der Waals surface area (Å²) < 4.78 is 16.1. The molecule has 0 aliphatic carbocycles. The van der Waals surface area contributed by atoms with E-state index in [0.717, 1.165) is 4.47 Å². The highest BCUT2D eigenvalue weighted by Gasteiger charge is 2.09. The molecule has 0 aliphatic rings. The number of carbonyl (C=O) groups excluding carboxylic acids is 2. The number of halogens is 1. The van der Waals surface area contributed by atoms with E-state index >= 15 is 0 Å². The molecule has 0 radical (unpaired) electrons. The molecule has 1 N–H and O–H groups in total. The summed E-state index contributed by atoms with van der Waals surface area (Å²) in [6, 6.07) is 5.33. The summed E-state index contributed by atoms with van der Waals surface area (Å²) >= 11 is 4.72. The highest BCUT2D eigenvalue weighted by atomic mass is 79.9. The molecular formula is C18H20BrN3O5S. The average molecular weight is 470 g/mol. The van der Waals surface area contributed by atoms with Gasteiger partial charge in [-0.15, -0.1) is 11.3 Å². The van der Waals surface area contributed by atoms with Crippen molar-refractivity contribution in [2.75, 3.05) is 25.2 Å². The van der Waals surface area contributed by atoms with Crippen molar-refractivity contribution in [3.8, 4) is 5.75 Å². The van der Waals surface area contributed by atoms with Gasteiger partial charge in [0, 0.05) is 15.4 Å². The van der Waals surface area contributed by atoms with Crippen molar-refractivity contribution in [2.45, 2.75) is 20.3 Å². The lowest BCUT2D eigenvalue weighted by atomic mass is 10.2. The van der Waals surface area contributed by atoms with Gasteiger partial charge in [0.1, 0.15) is 5.75 Å². The zero-order chi connectivity index (χ0) is 20.4. The standard InChI is InChI=1S/C18H20BrN3O5S/c1-3-25-16(23)8-14-11-28-18(21-14)22-20-9-12-7-13(19)5-6-15(12)27-10-17(24)26-4-2/h5-7,9,11H,3-4,8,10H2,1-2H3,(H,21,22). The van der Waals surface area contributed by atoms with Gasteiger partial charge in [0.25, 0.3) is 0 Å². The van der Waals surface area contributed by atoms with Gasteiger partial charge in [-0.25, -0.2) is 9.78 Å². The molecule has 2 rings (SSSR count). The Hall–Kier alpha value is -2.46. The van der Waals surface area contributed by atoms with Crippen LogP contribution in [0.2, 0.25) is 0 Å². The van der Waals surface area contributed by atoms with Crippen LogP contribution in [0.4, 0.5) is 5.13 Å². The molecule has 0 spiro atoms. The third kappa shape index (κ3) is 7.28. The number of hydrogen-bond acceptors (Lipinski definition) is 9. The van der Waals surface area contributed by atoms with E-state index in [-0.39, 0.29) is 19.0 Å². The number of carbonyl (C=O) groups is 2. The fourth-order valence-corrected chi connectivity index (χ4v) is 3.09. The molecule has 0 aliphatic heterocycles. The van der Waals surface area contributed by atoms with Gasteiger partial charge in [0.2, 0.25) is 5.13 Å². The monoisotopic (exact) mass is 469 g/mol. The maximum Gasteiger partial charge on any atom is 0.344 e. The van der Waals surface area contributed by atoms with E-state index in [0.29, 0.717) is 35.4 Å². The van der Waals surface area contributed by atoms with Crippen molar-refractivity contribution in [2.24, 2.45) is 5.10 Å². The van der Waals surface area contributed by atoms with Crippen LogP contribution < -0.4 is 10.2 Å². The summed E-state index contributed by atoms with van der Waals surface area (Å²) in [4.78, 5) is 27.2. The quantitative estimate of drug-likeness (QED) is 0.323. The number of hydrazone groups is 1. The Bertz CT molecular complexity index is 840. The fraction of sp³-hybridized carbons (Fsp3) is 0.333. The zero-order valence-corrected chi connectivity index (χ0v) is 17.8. The number of nitrogens with one attached hydrogen (secondary N) is 1. The number of rotatable bonds is 10. The van der Waals surface area contributed by atoms with Gasteiger partial charge >= 0.3 is 11.9 Å². The molecule has 0 saturated carbocycles. The van der Waals surface area contributed by atoms with Gasteiger partial charge < -0.3 is 14.2 Å². The minimum atomic E-state index is -0.441. The zero-order valence-electron chi connectivity index (χ0n) is 15.4. The van der Waals surface area contributed by atoms with Crippen LogP contribution in [0.15, 0.2) is 33.2 Å². The first-order valence-corrected chi connectivity index (χ1v) is 10.2. The van der Waals surface area contributed by atoms with Crippen LogP contribution >= 0.6 is 27.3 Å². The van der Waals surface area contributed by atoms with Crippen molar-refractivity contribution >= 4 is 50.6 Å². The lowest BCUT2D eigenvalue weighted by Gasteiger charge is -2.09. The maximum absolute atomic E-state index is 11.5. The predicted octanol–water partition coefficient (Wildman–Crippen LogP) is 3.40. The number of nitrogens with zero attached hydrogens (tertiary/aromatic N) is 2. The molecule has 0 atom stereocenters. The van der Waals surface area contributed by atoms with Crippen LogP contribution in [0.25, 0.3) is 0 Å². The van der Waals surface area contributed by atoms with Gasteiger partial charge in [-0.3, -0.25) is 10.2 Å². The number of anilines is 1. The van der Waals surface area contributed by atoms with Crippen molar-refractivity contribution in [1.29, 1.82) is 0 Å². The fourth-order valence-electron chi connectivity index (χ4n) is 2.05. The average Bonchev–Trinajstić information content (AvgIpc) is 3.08. The van der Waals surface area contributed by atoms with E-state index in [2.05, 4.69) is 31.4 Å².